The maximum absolute atomic E-state index is 5.35. The molecule has 20 heavy (non-hydrogen) atoms. The van der Waals surface area contributed by atoms with E-state index in [9.17, 15) is 0 Å². The minimum atomic E-state index is 0.775. The highest BCUT2D eigenvalue weighted by molar-refractivity contribution is 9.10. The van der Waals surface area contributed by atoms with Gasteiger partial charge >= 0.3 is 0 Å². The summed E-state index contributed by atoms with van der Waals surface area (Å²) in [6.45, 7) is 1.16. The fourth-order valence-corrected chi connectivity index (χ4v) is 2.82. The maximum Gasteiger partial charge on any atom is 0.161 e. The van der Waals surface area contributed by atoms with Crippen LogP contribution < -0.4 is 14.8 Å². The van der Waals surface area contributed by atoms with Crippen molar-refractivity contribution in [3.63, 3.8) is 0 Å². The molecule has 1 fully saturated rings. The lowest BCUT2D eigenvalue weighted by atomic mass is 10.1. The van der Waals surface area contributed by atoms with Crippen molar-refractivity contribution in [1.82, 2.24) is 5.32 Å². The predicted molar refractivity (Wildman–Crippen MR) is 85.8 cm³/mol. The number of hydrogen-bond acceptors (Lipinski definition) is 3. The van der Waals surface area contributed by atoms with Gasteiger partial charge in [-0.05, 0) is 56.3 Å². The topological polar surface area (TPSA) is 30.5 Å². The standard InChI is InChI=1S/C16H24BrNO2/c1-19-15-10-12(14(17)11-16(15)20-2)6-4-3-5-9-18-13-7-8-13/h10-11,13,18H,3-9H2,1-2H3. The van der Waals surface area contributed by atoms with Crippen LogP contribution in [-0.2, 0) is 6.42 Å². The predicted octanol–water partition coefficient (Wildman–Crippen LogP) is 3.93. The number of rotatable bonds is 9. The Balaban J connectivity index is 1.76. The van der Waals surface area contributed by atoms with E-state index in [2.05, 4.69) is 27.3 Å². The van der Waals surface area contributed by atoms with Crippen LogP contribution in [0.5, 0.6) is 11.5 Å². The lowest BCUT2D eigenvalue weighted by molar-refractivity contribution is 0.354. The van der Waals surface area contributed by atoms with Gasteiger partial charge in [-0.3, -0.25) is 0 Å². The number of halogens is 1. The second-order valence-electron chi connectivity index (χ2n) is 5.34. The number of methoxy groups -OCH3 is 2. The van der Waals surface area contributed by atoms with Crippen LogP contribution in [0, 0.1) is 0 Å². The lowest BCUT2D eigenvalue weighted by Crippen LogP contribution is -2.17. The summed E-state index contributed by atoms with van der Waals surface area (Å²) in [5.74, 6) is 1.58. The Bertz CT molecular complexity index is 433. The molecule has 1 aliphatic rings. The maximum atomic E-state index is 5.35. The lowest BCUT2D eigenvalue weighted by Gasteiger charge is -2.12. The highest BCUT2D eigenvalue weighted by atomic mass is 79.9. The third-order valence-electron chi connectivity index (χ3n) is 3.69. The molecule has 0 amide bonds. The molecular weight excluding hydrogens is 318 g/mol. The van der Waals surface area contributed by atoms with Crippen molar-refractivity contribution in [2.24, 2.45) is 0 Å². The van der Waals surface area contributed by atoms with Crippen molar-refractivity contribution in [3.05, 3.63) is 22.2 Å². The van der Waals surface area contributed by atoms with Gasteiger partial charge in [-0.15, -0.1) is 0 Å². The summed E-state index contributed by atoms with van der Waals surface area (Å²) in [4.78, 5) is 0. The van der Waals surface area contributed by atoms with Gasteiger partial charge in [-0.25, -0.2) is 0 Å². The minimum Gasteiger partial charge on any atom is -0.493 e. The van der Waals surface area contributed by atoms with Gasteiger partial charge in [-0.2, -0.15) is 0 Å². The Hall–Kier alpha value is -0.740. The Morgan fingerprint density at radius 2 is 1.80 bits per heavy atom. The van der Waals surface area contributed by atoms with Gasteiger partial charge < -0.3 is 14.8 Å². The van der Waals surface area contributed by atoms with E-state index >= 15 is 0 Å². The molecule has 0 heterocycles. The van der Waals surface area contributed by atoms with Crippen molar-refractivity contribution < 1.29 is 9.47 Å². The van der Waals surface area contributed by atoms with Crippen molar-refractivity contribution in [3.8, 4) is 11.5 Å². The van der Waals surface area contributed by atoms with E-state index < -0.39 is 0 Å². The monoisotopic (exact) mass is 341 g/mol. The van der Waals surface area contributed by atoms with Gasteiger partial charge in [0.05, 0.1) is 14.2 Å². The summed E-state index contributed by atoms with van der Waals surface area (Å²) in [7, 11) is 3.34. The highest BCUT2D eigenvalue weighted by Crippen LogP contribution is 2.34. The second-order valence-corrected chi connectivity index (χ2v) is 6.19. The van der Waals surface area contributed by atoms with Gasteiger partial charge in [-0.1, -0.05) is 22.4 Å². The molecule has 112 valence electrons. The van der Waals surface area contributed by atoms with Crippen molar-refractivity contribution >= 4 is 15.9 Å². The number of aryl methyl sites for hydroxylation is 1. The Morgan fingerprint density at radius 3 is 2.45 bits per heavy atom. The van der Waals surface area contributed by atoms with Crippen LogP contribution in [0.1, 0.15) is 37.7 Å². The zero-order valence-electron chi connectivity index (χ0n) is 12.4. The van der Waals surface area contributed by atoms with Crippen molar-refractivity contribution in [2.45, 2.75) is 44.6 Å². The fraction of sp³-hybridized carbons (Fsp3) is 0.625. The van der Waals surface area contributed by atoms with E-state index in [0.29, 0.717) is 0 Å². The molecule has 0 bridgehead atoms. The molecule has 0 radical (unpaired) electrons. The first-order valence-corrected chi connectivity index (χ1v) is 8.17. The van der Waals surface area contributed by atoms with E-state index in [1.165, 1.54) is 37.7 Å². The molecule has 0 aliphatic heterocycles. The number of hydrogen-bond donors (Lipinski definition) is 1. The van der Waals surface area contributed by atoms with Crippen LogP contribution in [0.3, 0.4) is 0 Å². The zero-order chi connectivity index (χ0) is 14.4. The van der Waals surface area contributed by atoms with Crippen LogP contribution in [-0.4, -0.2) is 26.8 Å². The molecule has 1 aliphatic carbocycles. The Labute approximate surface area is 130 Å². The van der Waals surface area contributed by atoms with Crippen LogP contribution in [0.4, 0.5) is 0 Å². The number of unbranched alkanes of at least 4 members (excludes halogenated alkanes) is 2. The normalized spacial score (nSPS) is 14.3. The quantitative estimate of drug-likeness (QED) is 0.690. The van der Waals surface area contributed by atoms with Crippen LogP contribution in [0.15, 0.2) is 16.6 Å². The largest absolute Gasteiger partial charge is 0.493 e. The van der Waals surface area contributed by atoms with Crippen LogP contribution in [0.25, 0.3) is 0 Å². The van der Waals surface area contributed by atoms with Crippen LogP contribution >= 0.6 is 15.9 Å². The van der Waals surface area contributed by atoms with Gasteiger partial charge in [0.25, 0.3) is 0 Å². The molecule has 0 aromatic heterocycles. The molecule has 2 rings (SSSR count). The van der Waals surface area contributed by atoms with E-state index in [1.807, 2.05) is 6.07 Å². The molecule has 0 spiro atoms. The van der Waals surface area contributed by atoms with E-state index in [0.717, 1.165) is 35.0 Å². The molecule has 1 aromatic carbocycles. The Morgan fingerprint density at radius 1 is 1.10 bits per heavy atom. The molecule has 0 atom stereocenters. The molecule has 1 saturated carbocycles. The first-order valence-electron chi connectivity index (χ1n) is 7.38. The Kier molecular flexibility index (Phi) is 6.17. The van der Waals surface area contributed by atoms with Gasteiger partial charge in [0.2, 0.25) is 0 Å². The third-order valence-corrected chi connectivity index (χ3v) is 4.42. The van der Waals surface area contributed by atoms with Gasteiger partial charge in [0.15, 0.2) is 11.5 Å². The van der Waals surface area contributed by atoms with E-state index in [1.54, 1.807) is 14.2 Å². The van der Waals surface area contributed by atoms with Gasteiger partial charge in [0.1, 0.15) is 0 Å². The molecule has 3 nitrogen and oxygen atoms in total. The average molecular weight is 342 g/mol. The van der Waals surface area contributed by atoms with Crippen LogP contribution in [0.2, 0.25) is 0 Å². The van der Waals surface area contributed by atoms with Crippen molar-refractivity contribution in [2.75, 3.05) is 20.8 Å². The zero-order valence-corrected chi connectivity index (χ0v) is 14.0. The molecule has 1 N–H and O–H groups in total. The van der Waals surface area contributed by atoms with Gasteiger partial charge in [0, 0.05) is 10.5 Å². The van der Waals surface area contributed by atoms with E-state index in [4.69, 9.17) is 9.47 Å². The second kappa shape index (κ2) is 7.89. The summed E-state index contributed by atoms with van der Waals surface area (Å²) < 4.78 is 11.8. The van der Waals surface area contributed by atoms with E-state index in [-0.39, 0.29) is 0 Å². The fourth-order valence-electron chi connectivity index (χ4n) is 2.30. The number of nitrogens with one attached hydrogen (secondary N) is 1. The number of benzene rings is 1. The summed E-state index contributed by atoms with van der Waals surface area (Å²) in [5.41, 5.74) is 1.29. The SMILES string of the molecule is COc1cc(Br)c(CCCCCNC2CC2)cc1OC. The summed E-state index contributed by atoms with van der Waals surface area (Å²) in [6.07, 6.45) is 7.56. The minimum absolute atomic E-state index is 0.775. The first kappa shape index (κ1) is 15.6. The summed E-state index contributed by atoms with van der Waals surface area (Å²) in [6, 6.07) is 4.89. The molecule has 1 aromatic rings. The highest BCUT2D eigenvalue weighted by Gasteiger charge is 2.19. The average Bonchev–Trinajstić information content (AvgIpc) is 3.27. The molecule has 0 saturated heterocycles. The third kappa shape index (κ3) is 4.67. The molecule has 4 heteroatoms. The van der Waals surface area contributed by atoms with Crippen molar-refractivity contribution in [1.29, 1.82) is 0 Å². The smallest absolute Gasteiger partial charge is 0.161 e. The summed E-state index contributed by atoms with van der Waals surface area (Å²) >= 11 is 3.61. The molecular formula is C16H24BrNO2. The number of ether oxygens (including phenoxy) is 2. The molecule has 0 unspecified atom stereocenters. The summed E-state index contributed by atoms with van der Waals surface area (Å²) in [5, 5.41) is 3.55. The first-order chi connectivity index (χ1) is 9.74.